The lowest BCUT2D eigenvalue weighted by atomic mass is 10.0. The van der Waals surface area contributed by atoms with Gasteiger partial charge in [-0.3, -0.25) is 0 Å². The highest BCUT2D eigenvalue weighted by molar-refractivity contribution is 6.18. The second-order valence-corrected chi connectivity index (χ2v) is 3.77. The SMILES string of the molecule is O=C(NCCCl)N[C@@H]1OC[C@@H](O)[C@H](O)[C@H]1O. The van der Waals surface area contributed by atoms with Gasteiger partial charge in [-0.05, 0) is 0 Å². The molecule has 8 heteroatoms. The number of hydrogen-bond donors (Lipinski definition) is 5. The van der Waals surface area contributed by atoms with Gasteiger partial charge in [-0.15, -0.1) is 11.6 Å². The fourth-order valence-electron chi connectivity index (χ4n) is 1.27. The highest BCUT2D eigenvalue weighted by Crippen LogP contribution is 2.13. The number of amides is 2. The summed E-state index contributed by atoms with van der Waals surface area (Å²) in [4.78, 5) is 11.2. The summed E-state index contributed by atoms with van der Waals surface area (Å²) >= 11 is 5.36. The van der Waals surface area contributed by atoms with E-state index >= 15 is 0 Å². The zero-order chi connectivity index (χ0) is 12.1. The van der Waals surface area contributed by atoms with Crippen molar-refractivity contribution in [3.8, 4) is 0 Å². The Labute approximate surface area is 97.3 Å². The summed E-state index contributed by atoms with van der Waals surface area (Å²) in [6.07, 6.45) is -4.91. The van der Waals surface area contributed by atoms with Gasteiger partial charge < -0.3 is 30.7 Å². The number of rotatable bonds is 3. The fraction of sp³-hybridized carbons (Fsp3) is 0.875. The summed E-state index contributed by atoms with van der Waals surface area (Å²) < 4.78 is 4.96. The Morgan fingerprint density at radius 2 is 2.06 bits per heavy atom. The van der Waals surface area contributed by atoms with Crippen LogP contribution in [0.3, 0.4) is 0 Å². The first-order chi connectivity index (χ1) is 7.56. The lowest BCUT2D eigenvalue weighted by molar-refractivity contribution is -0.191. The normalized spacial score (nSPS) is 34.5. The summed E-state index contributed by atoms with van der Waals surface area (Å²) in [5.74, 6) is 0.267. The quantitative estimate of drug-likeness (QED) is 0.373. The van der Waals surface area contributed by atoms with Crippen LogP contribution in [0.4, 0.5) is 4.79 Å². The van der Waals surface area contributed by atoms with E-state index in [1.165, 1.54) is 0 Å². The Balaban J connectivity index is 2.39. The van der Waals surface area contributed by atoms with Gasteiger partial charge in [0.25, 0.3) is 0 Å². The number of urea groups is 1. The fourth-order valence-corrected chi connectivity index (χ4v) is 1.37. The first-order valence-electron chi connectivity index (χ1n) is 4.82. The van der Waals surface area contributed by atoms with Gasteiger partial charge in [-0.25, -0.2) is 4.79 Å². The van der Waals surface area contributed by atoms with E-state index in [0.29, 0.717) is 0 Å². The number of nitrogens with one attached hydrogen (secondary N) is 2. The topological polar surface area (TPSA) is 111 Å². The molecule has 16 heavy (non-hydrogen) atoms. The molecule has 1 rings (SSSR count). The molecular formula is C8H15ClN2O5. The monoisotopic (exact) mass is 254 g/mol. The van der Waals surface area contributed by atoms with E-state index < -0.39 is 30.6 Å². The van der Waals surface area contributed by atoms with E-state index in [9.17, 15) is 15.0 Å². The minimum atomic E-state index is -1.37. The van der Waals surface area contributed by atoms with Crippen molar-refractivity contribution in [2.45, 2.75) is 24.5 Å². The molecule has 0 aliphatic carbocycles. The molecule has 94 valence electrons. The van der Waals surface area contributed by atoms with Crippen LogP contribution in [-0.4, -0.2) is 64.9 Å². The first kappa shape index (κ1) is 13.5. The molecule has 0 radical (unpaired) electrons. The van der Waals surface area contributed by atoms with Crippen LogP contribution < -0.4 is 10.6 Å². The van der Waals surface area contributed by atoms with Crippen LogP contribution >= 0.6 is 11.6 Å². The first-order valence-corrected chi connectivity index (χ1v) is 5.36. The lowest BCUT2D eigenvalue weighted by Crippen LogP contribution is -2.60. The number of aliphatic hydroxyl groups excluding tert-OH is 3. The molecule has 0 aromatic carbocycles. The third-order valence-corrected chi connectivity index (χ3v) is 2.34. The molecule has 0 bridgehead atoms. The van der Waals surface area contributed by atoms with Crippen LogP contribution in [0.5, 0.6) is 0 Å². The third kappa shape index (κ3) is 3.46. The van der Waals surface area contributed by atoms with Crippen LogP contribution in [0.1, 0.15) is 0 Å². The number of halogens is 1. The average Bonchev–Trinajstić information content (AvgIpc) is 2.27. The maximum Gasteiger partial charge on any atom is 0.316 e. The van der Waals surface area contributed by atoms with Crippen molar-refractivity contribution in [2.75, 3.05) is 19.0 Å². The number of ether oxygens (including phenoxy) is 1. The van der Waals surface area contributed by atoms with Crippen molar-refractivity contribution < 1.29 is 24.9 Å². The predicted molar refractivity (Wildman–Crippen MR) is 55.0 cm³/mol. The Morgan fingerprint density at radius 3 is 2.69 bits per heavy atom. The van der Waals surface area contributed by atoms with E-state index in [0.717, 1.165) is 0 Å². The van der Waals surface area contributed by atoms with Gasteiger partial charge in [0.1, 0.15) is 18.3 Å². The maximum atomic E-state index is 11.2. The summed E-state index contributed by atoms with van der Waals surface area (Å²) in [5.41, 5.74) is 0. The molecule has 7 nitrogen and oxygen atoms in total. The Bertz CT molecular complexity index is 242. The smallest absolute Gasteiger partial charge is 0.316 e. The van der Waals surface area contributed by atoms with Crippen molar-refractivity contribution in [1.82, 2.24) is 10.6 Å². The highest BCUT2D eigenvalue weighted by Gasteiger charge is 2.38. The van der Waals surface area contributed by atoms with Crippen molar-refractivity contribution in [3.05, 3.63) is 0 Å². The second kappa shape index (κ2) is 6.21. The average molecular weight is 255 g/mol. The van der Waals surface area contributed by atoms with Gasteiger partial charge in [-0.2, -0.15) is 0 Å². The number of carbonyl (C=O) groups is 1. The van der Waals surface area contributed by atoms with Crippen LogP contribution in [0.25, 0.3) is 0 Å². The largest absolute Gasteiger partial charge is 0.388 e. The molecule has 1 heterocycles. The van der Waals surface area contributed by atoms with E-state index in [1.807, 2.05) is 0 Å². The number of aliphatic hydroxyl groups is 3. The third-order valence-electron chi connectivity index (χ3n) is 2.15. The van der Waals surface area contributed by atoms with E-state index in [4.69, 9.17) is 21.4 Å². The van der Waals surface area contributed by atoms with Crippen molar-refractivity contribution in [1.29, 1.82) is 0 Å². The van der Waals surface area contributed by atoms with Crippen LogP contribution in [0.15, 0.2) is 0 Å². The van der Waals surface area contributed by atoms with Crippen LogP contribution in [0, 0.1) is 0 Å². The van der Waals surface area contributed by atoms with Gasteiger partial charge in [0.15, 0.2) is 6.23 Å². The van der Waals surface area contributed by atoms with E-state index in [2.05, 4.69) is 10.6 Å². The predicted octanol–water partition coefficient (Wildman–Crippen LogP) is -2.04. The van der Waals surface area contributed by atoms with Crippen LogP contribution in [0.2, 0.25) is 0 Å². The van der Waals surface area contributed by atoms with Crippen molar-refractivity contribution in [3.63, 3.8) is 0 Å². The molecule has 0 aromatic rings. The van der Waals surface area contributed by atoms with E-state index in [-0.39, 0.29) is 19.0 Å². The minimum absolute atomic E-state index is 0.154. The Hall–Kier alpha value is -0.600. The lowest BCUT2D eigenvalue weighted by Gasteiger charge is -2.35. The molecule has 0 unspecified atom stereocenters. The molecule has 0 spiro atoms. The molecule has 2 amide bonds. The molecule has 0 aromatic heterocycles. The Morgan fingerprint density at radius 1 is 1.38 bits per heavy atom. The summed E-state index contributed by atoms with van der Waals surface area (Å²) in [7, 11) is 0. The Kier molecular flexibility index (Phi) is 5.23. The number of carbonyl (C=O) groups excluding carboxylic acids is 1. The maximum absolute atomic E-state index is 11.2. The van der Waals surface area contributed by atoms with Gasteiger partial charge in [0.05, 0.1) is 6.61 Å². The van der Waals surface area contributed by atoms with E-state index in [1.54, 1.807) is 0 Å². The highest BCUT2D eigenvalue weighted by atomic mass is 35.5. The molecule has 1 fully saturated rings. The molecule has 4 atom stereocenters. The molecule has 5 N–H and O–H groups in total. The van der Waals surface area contributed by atoms with Gasteiger partial charge >= 0.3 is 6.03 Å². The zero-order valence-electron chi connectivity index (χ0n) is 8.47. The standard InChI is InChI=1S/C8H15ClN2O5/c9-1-2-10-8(15)11-7-6(14)5(13)4(12)3-16-7/h4-7,12-14H,1-3H2,(H2,10,11,15)/t4-,5+,6-,7-/m1/s1. The van der Waals surface area contributed by atoms with Crippen molar-refractivity contribution >= 4 is 17.6 Å². The summed E-state index contributed by atoms with van der Waals surface area (Å²) in [6, 6.07) is -0.562. The number of hydrogen-bond acceptors (Lipinski definition) is 5. The summed E-state index contributed by atoms with van der Waals surface area (Å²) in [6.45, 7) is 0.125. The molecule has 0 saturated carbocycles. The zero-order valence-corrected chi connectivity index (χ0v) is 9.22. The van der Waals surface area contributed by atoms with Gasteiger partial charge in [-0.1, -0.05) is 0 Å². The molecule has 1 aliphatic heterocycles. The second-order valence-electron chi connectivity index (χ2n) is 3.39. The molecule has 1 saturated heterocycles. The summed E-state index contributed by atoms with van der Waals surface area (Å²) in [5, 5.41) is 32.7. The number of alkyl halides is 1. The molecular weight excluding hydrogens is 240 g/mol. The van der Waals surface area contributed by atoms with Crippen molar-refractivity contribution in [2.24, 2.45) is 0 Å². The van der Waals surface area contributed by atoms with Crippen LogP contribution in [-0.2, 0) is 4.74 Å². The molecule has 1 aliphatic rings. The minimum Gasteiger partial charge on any atom is -0.388 e. The van der Waals surface area contributed by atoms with Gasteiger partial charge in [0.2, 0.25) is 0 Å². The van der Waals surface area contributed by atoms with Gasteiger partial charge in [0, 0.05) is 12.4 Å².